The van der Waals surface area contributed by atoms with Crippen molar-refractivity contribution in [3.63, 3.8) is 0 Å². The summed E-state index contributed by atoms with van der Waals surface area (Å²) in [4.78, 5) is 2.63. The molecule has 0 aromatic carbocycles. The first-order valence-corrected chi connectivity index (χ1v) is 6.94. The minimum atomic E-state index is -0.0436. The Morgan fingerprint density at radius 3 is 2.69 bits per heavy atom. The first kappa shape index (κ1) is 12.3. The third-order valence-electron chi connectivity index (χ3n) is 4.21. The van der Waals surface area contributed by atoms with Gasteiger partial charge in [-0.1, -0.05) is 13.3 Å². The van der Waals surface area contributed by atoms with Crippen LogP contribution in [0.4, 0.5) is 0 Å². The SMILES string of the molecule is CCC[C@H]1CN(C2CCNCC2)CC[C@@H]1O. The molecule has 0 saturated carbocycles. The predicted molar refractivity (Wildman–Crippen MR) is 66.5 cm³/mol. The summed E-state index contributed by atoms with van der Waals surface area (Å²) in [7, 11) is 0. The molecule has 2 aliphatic heterocycles. The van der Waals surface area contributed by atoms with Gasteiger partial charge in [0.25, 0.3) is 0 Å². The highest BCUT2D eigenvalue weighted by Crippen LogP contribution is 2.25. The number of likely N-dealkylation sites (tertiary alicyclic amines) is 1. The van der Waals surface area contributed by atoms with Gasteiger partial charge in [-0.15, -0.1) is 0 Å². The van der Waals surface area contributed by atoms with Gasteiger partial charge in [0.05, 0.1) is 6.10 Å². The lowest BCUT2D eigenvalue weighted by Crippen LogP contribution is -2.50. The Kier molecular flexibility index (Phi) is 4.62. The molecule has 0 spiro atoms. The fourth-order valence-corrected chi connectivity index (χ4v) is 3.21. The van der Waals surface area contributed by atoms with Gasteiger partial charge in [0.1, 0.15) is 0 Å². The molecule has 2 heterocycles. The Morgan fingerprint density at radius 2 is 2.00 bits per heavy atom. The van der Waals surface area contributed by atoms with Crippen LogP contribution in [0.5, 0.6) is 0 Å². The van der Waals surface area contributed by atoms with E-state index >= 15 is 0 Å². The second-order valence-electron chi connectivity index (χ2n) is 5.38. The molecule has 2 rings (SSSR count). The lowest BCUT2D eigenvalue weighted by Gasteiger charge is -2.42. The molecule has 16 heavy (non-hydrogen) atoms. The maximum Gasteiger partial charge on any atom is 0.0592 e. The number of hydrogen-bond donors (Lipinski definition) is 2. The normalized spacial score (nSPS) is 34.1. The number of nitrogens with zero attached hydrogens (tertiary/aromatic N) is 1. The molecule has 2 aliphatic rings. The summed E-state index contributed by atoms with van der Waals surface area (Å²) >= 11 is 0. The second kappa shape index (κ2) is 5.99. The predicted octanol–water partition coefficient (Wildman–Crippen LogP) is 1.22. The van der Waals surface area contributed by atoms with E-state index in [1.807, 2.05) is 0 Å². The molecular formula is C13H26N2O. The Labute approximate surface area is 99.2 Å². The summed E-state index contributed by atoms with van der Waals surface area (Å²) in [6.07, 6.45) is 5.89. The summed E-state index contributed by atoms with van der Waals surface area (Å²) < 4.78 is 0. The molecule has 0 bridgehead atoms. The zero-order valence-electron chi connectivity index (χ0n) is 10.5. The highest BCUT2D eigenvalue weighted by Gasteiger charge is 2.31. The van der Waals surface area contributed by atoms with Crippen LogP contribution in [0.2, 0.25) is 0 Å². The monoisotopic (exact) mass is 226 g/mol. The fraction of sp³-hybridized carbons (Fsp3) is 1.00. The summed E-state index contributed by atoms with van der Waals surface area (Å²) in [6.45, 7) is 6.78. The summed E-state index contributed by atoms with van der Waals surface area (Å²) in [6, 6.07) is 0.771. The van der Waals surface area contributed by atoms with Gasteiger partial charge in [-0.2, -0.15) is 0 Å². The topological polar surface area (TPSA) is 35.5 Å². The van der Waals surface area contributed by atoms with E-state index < -0.39 is 0 Å². The molecule has 2 N–H and O–H groups in total. The fourth-order valence-electron chi connectivity index (χ4n) is 3.21. The lowest BCUT2D eigenvalue weighted by atomic mass is 9.89. The van der Waals surface area contributed by atoms with Gasteiger partial charge in [-0.05, 0) is 44.7 Å². The van der Waals surface area contributed by atoms with Crippen LogP contribution < -0.4 is 5.32 Å². The Bertz CT molecular complexity index is 204. The van der Waals surface area contributed by atoms with Crippen molar-refractivity contribution in [2.75, 3.05) is 26.2 Å². The molecule has 94 valence electrons. The minimum absolute atomic E-state index is 0.0436. The molecule has 0 aromatic heterocycles. The number of aliphatic hydroxyl groups is 1. The summed E-state index contributed by atoms with van der Waals surface area (Å²) in [5, 5.41) is 13.4. The summed E-state index contributed by atoms with van der Waals surface area (Å²) in [5.74, 6) is 0.522. The van der Waals surface area contributed by atoms with Crippen molar-refractivity contribution >= 4 is 0 Å². The molecule has 3 nitrogen and oxygen atoms in total. The number of piperidine rings is 2. The number of hydrogen-bond acceptors (Lipinski definition) is 3. The third kappa shape index (κ3) is 2.96. The van der Waals surface area contributed by atoms with E-state index in [-0.39, 0.29) is 6.10 Å². The van der Waals surface area contributed by atoms with Gasteiger partial charge in [-0.25, -0.2) is 0 Å². The zero-order valence-corrected chi connectivity index (χ0v) is 10.5. The van der Waals surface area contributed by atoms with E-state index in [2.05, 4.69) is 17.1 Å². The van der Waals surface area contributed by atoms with Crippen LogP contribution in [0.25, 0.3) is 0 Å². The number of nitrogens with one attached hydrogen (secondary N) is 1. The quantitative estimate of drug-likeness (QED) is 0.759. The molecule has 0 amide bonds. The average Bonchev–Trinajstić information content (AvgIpc) is 2.33. The van der Waals surface area contributed by atoms with Crippen molar-refractivity contribution in [3.8, 4) is 0 Å². The van der Waals surface area contributed by atoms with Crippen molar-refractivity contribution in [1.29, 1.82) is 0 Å². The molecular weight excluding hydrogens is 200 g/mol. The Hall–Kier alpha value is -0.120. The van der Waals surface area contributed by atoms with Gasteiger partial charge >= 0.3 is 0 Å². The first-order chi connectivity index (χ1) is 7.81. The summed E-state index contributed by atoms with van der Waals surface area (Å²) in [5.41, 5.74) is 0. The van der Waals surface area contributed by atoms with E-state index in [0.29, 0.717) is 5.92 Å². The van der Waals surface area contributed by atoms with Gasteiger partial charge in [0.2, 0.25) is 0 Å². The standard InChI is InChI=1S/C13H26N2O/c1-2-3-11-10-15(9-6-13(11)16)12-4-7-14-8-5-12/h11-14,16H,2-10H2,1H3/t11-,13-/m0/s1. The van der Waals surface area contributed by atoms with Gasteiger partial charge < -0.3 is 10.4 Å². The van der Waals surface area contributed by atoms with Gasteiger partial charge in [-0.3, -0.25) is 4.90 Å². The van der Waals surface area contributed by atoms with Crippen LogP contribution in [0.3, 0.4) is 0 Å². The number of aliphatic hydroxyl groups excluding tert-OH is 1. The molecule has 0 aromatic rings. The Balaban J connectivity index is 1.86. The van der Waals surface area contributed by atoms with Gasteiger partial charge in [0, 0.05) is 19.1 Å². The molecule has 2 saturated heterocycles. The average molecular weight is 226 g/mol. The largest absolute Gasteiger partial charge is 0.393 e. The first-order valence-electron chi connectivity index (χ1n) is 6.94. The minimum Gasteiger partial charge on any atom is -0.393 e. The van der Waals surface area contributed by atoms with Gasteiger partial charge in [0.15, 0.2) is 0 Å². The van der Waals surface area contributed by atoms with E-state index in [4.69, 9.17) is 0 Å². The molecule has 2 atom stereocenters. The van der Waals surface area contributed by atoms with Crippen LogP contribution >= 0.6 is 0 Å². The van der Waals surface area contributed by atoms with Crippen LogP contribution in [0.1, 0.15) is 39.0 Å². The van der Waals surface area contributed by atoms with Crippen LogP contribution in [0.15, 0.2) is 0 Å². The highest BCUT2D eigenvalue weighted by atomic mass is 16.3. The molecule has 0 unspecified atom stereocenters. The van der Waals surface area contributed by atoms with Crippen LogP contribution in [0, 0.1) is 5.92 Å². The van der Waals surface area contributed by atoms with Crippen LogP contribution in [-0.2, 0) is 0 Å². The van der Waals surface area contributed by atoms with Crippen molar-refractivity contribution in [1.82, 2.24) is 10.2 Å². The number of rotatable bonds is 3. The van der Waals surface area contributed by atoms with E-state index in [1.165, 1.54) is 38.8 Å². The maximum atomic E-state index is 9.98. The molecule has 0 aliphatic carbocycles. The molecule has 3 heteroatoms. The highest BCUT2D eigenvalue weighted by molar-refractivity contribution is 4.85. The van der Waals surface area contributed by atoms with Crippen LogP contribution in [-0.4, -0.2) is 48.3 Å². The zero-order chi connectivity index (χ0) is 11.4. The second-order valence-corrected chi connectivity index (χ2v) is 5.38. The van der Waals surface area contributed by atoms with Crippen molar-refractivity contribution in [2.45, 2.75) is 51.2 Å². The van der Waals surface area contributed by atoms with Crippen molar-refractivity contribution < 1.29 is 5.11 Å². The Morgan fingerprint density at radius 1 is 1.25 bits per heavy atom. The third-order valence-corrected chi connectivity index (χ3v) is 4.21. The van der Waals surface area contributed by atoms with Crippen molar-refractivity contribution in [2.24, 2.45) is 5.92 Å². The maximum absolute atomic E-state index is 9.98. The van der Waals surface area contributed by atoms with E-state index in [1.54, 1.807) is 0 Å². The van der Waals surface area contributed by atoms with Crippen molar-refractivity contribution in [3.05, 3.63) is 0 Å². The molecule has 0 radical (unpaired) electrons. The lowest BCUT2D eigenvalue weighted by molar-refractivity contribution is 0.000682. The molecule has 2 fully saturated rings. The van der Waals surface area contributed by atoms with E-state index in [9.17, 15) is 5.11 Å². The smallest absolute Gasteiger partial charge is 0.0592 e. The van der Waals surface area contributed by atoms with E-state index in [0.717, 1.165) is 25.6 Å².